The molecule has 208 valence electrons. The Bertz CT molecular complexity index is 1560. The standard InChI is InChI=1S/C27H27F3N8O2/c1-16-4-6-18(34-25(39)17-5-7-22(40-3)19(12-17)27(28,29)30)13-20(16)35-24-23-21(32-15-33-24)14-31-26(36-23)38-10-8-37(2)9-11-38/h4-7,12-15H,8-11H2,1-3H3,(H,34,39)(H,32,33,35). The molecule has 5 rings (SSSR count). The fourth-order valence-electron chi connectivity index (χ4n) is 4.33. The quantitative estimate of drug-likeness (QED) is 0.357. The van der Waals surface area contributed by atoms with E-state index in [-0.39, 0.29) is 11.3 Å². The van der Waals surface area contributed by atoms with E-state index in [0.717, 1.165) is 51.0 Å². The number of likely N-dealkylation sites (N-methyl/N-ethyl adjacent to an activating group) is 1. The van der Waals surface area contributed by atoms with Gasteiger partial charge in [-0.05, 0) is 49.9 Å². The third kappa shape index (κ3) is 5.73. The Hall–Kier alpha value is -4.52. The summed E-state index contributed by atoms with van der Waals surface area (Å²) in [6.07, 6.45) is -1.60. The zero-order chi connectivity index (χ0) is 28.4. The van der Waals surface area contributed by atoms with Gasteiger partial charge in [-0.25, -0.2) is 19.9 Å². The summed E-state index contributed by atoms with van der Waals surface area (Å²) in [6.45, 7) is 5.30. The molecule has 1 aliphatic rings. The number of carbonyl (C=O) groups excluding carboxylic acids is 1. The molecule has 13 heteroatoms. The maximum absolute atomic E-state index is 13.4. The number of methoxy groups -OCH3 is 1. The molecule has 1 fully saturated rings. The van der Waals surface area contributed by atoms with Gasteiger partial charge in [-0.15, -0.1) is 0 Å². The number of alkyl halides is 3. The average molecular weight is 553 g/mol. The van der Waals surface area contributed by atoms with E-state index in [1.54, 1.807) is 24.4 Å². The second-order valence-electron chi connectivity index (χ2n) is 9.44. The minimum absolute atomic E-state index is 0.155. The molecule has 0 aliphatic carbocycles. The molecule has 0 atom stereocenters. The lowest BCUT2D eigenvalue weighted by atomic mass is 10.1. The van der Waals surface area contributed by atoms with Crippen LogP contribution in [0.15, 0.2) is 48.9 Å². The van der Waals surface area contributed by atoms with Crippen molar-refractivity contribution in [3.8, 4) is 5.75 Å². The van der Waals surface area contributed by atoms with Crippen LogP contribution in [-0.4, -0.2) is 71.1 Å². The molecule has 1 aliphatic heterocycles. The van der Waals surface area contributed by atoms with Crippen LogP contribution in [0.25, 0.3) is 11.0 Å². The lowest BCUT2D eigenvalue weighted by Crippen LogP contribution is -2.45. The number of ether oxygens (including phenoxy) is 1. The van der Waals surface area contributed by atoms with Gasteiger partial charge in [0.15, 0.2) is 5.82 Å². The van der Waals surface area contributed by atoms with Crippen molar-refractivity contribution in [2.75, 3.05) is 55.9 Å². The maximum Gasteiger partial charge on any atom is 0.419 e. The topological polar surface area (TPSA) is 108 Å². The first-order valence-corrected chi connectivity index (χ1v) is 12.5. The number of amides is 1. The summed E-state index contributed by atoms with van der Waals surface area (Å²) in [6, 6.07) is 8.30. The van der Waals surface area contributed by atoms with Gasteiger partial charge < -0.3 is 25.2 Å². The number of hydrogen-bond donors (Lipinski definition) is 2. The summed E-state index contributed by atoms with van der Waals surface area (Å²) in [5, 5.41) is 5.93. The highest BCUT2D eigenvalue weighted by atomic mass is 19.4. The van der Waals surface area contributed by atoms with Crippen LogP contribution in [0.4, 0.5) is 36.3 Å². The Balaban J connectivity index is 1.39. The summed E-state index contributed by atoms with van der Waals surface area (Å²) in [7, 11) is 3.22. The number of hydrogen-bond acceptors (Lipinski definition) is 9. The Morgan fingerprint density at radius 1 is 1.02 bits per heavy atom. The van der Waals surface area contributed by atoms with E-state index < -0.39 is 17.6 Å². The van der Waals surface area contributed by atoms with Crippen LogP contribution < -0.4 is 20.3 Å². The van der Waals surface area contributed by atoms with E-state index in [4.69, 9.17) is 9.72 Å². The zero-order valence-electron chi connectivity index (χ0n) is 22.1. The van der Waals surface area contributed by atoms with Crippen LogP contribution in [0, 0.1) is 6.92 Å². The number of aryl methyl sites for hydroxylation is 1. The molecule has 10 nitrogen and oxygen atoms in total. The SMILES string of the molecule is COc1ccc(C(=O)Nc2ccc(C)c(Nc3ncnc4cnc(N5CCN(C)CC5)nc34)c2)cc1C(F)(F)F. The normalized spacial score (nSPS) is 14.3. The Morgan fingerprint density at radius 2 is 1.80 bits per heavy atom. The molecule has 2 aromatic heterocycles. The first kappa shape index (κ1) is 27.1. The Labute approximate surface area is 228 Å². The number of nitrogens with one attached hydrogen (secondary N) is 2. The van der Waals surface area contributed by atoms with Gasteiger partial charge in [0.2, 0.25) is 5.95 Å². The van der Waals surface area contributed by atoms with E-state index in [1.807, 2.05) is 6.92 Å². The Kier molecular flexibility index (Phi) is 7.39. The molecule has 2 N–H and O–H groups in total. The largest absolute Gasteiger partial charge is 0.496 e. The summed E-state index contributed by atoms with van der Waals surface area (Å²) >= 11 is 0. The highest BCUT2D eigenvalue weighted by Crippen LogP contribution is 2.37. The summed E-state index contributed by atoms with van der Waals surface area (Å²) in [5.41, 5.74) is 1.79. The fourth-order valence-corrected chi connectivity index (χ4v) is 4.33. The predicted octanol–water partition coefficient (Wildman–Crippen LogP) is 4.50. The van der Waals surface area contributed by atoms with Gasteiger partial charge >= 0.3 is 6.18 Å². The van der Waals surface area contributed by atoms with Crippen molar-refractivity contribution in [2.24, 2.45) is 0 Å². The fraction of sp³-hybridized carbons (Fsp3) is 0.296. The number of piperazine rings is 1. The van der Waals surface area contributed by atoms with Gasteiger partial charge in [-0.1, -0.05) is 6.07 Å². The lowest BCUT2D eigenvalue weighted by molar-refractivity contribution is -0.138. The summed E-state index contributed by atoms with van der Waals surface area (Å²) in [5.74, 6) is -0.00391. The first-order chi connectivity index (χ1) is 19.1. The summed E-state index contributed by atoms with van der Waals surface area (Å²) < 4.78 is 45.1. The minimum Gasteiger partial charge on any atom is -0.496 e. The number of carbonyl (C=O) groups is 1. The number of benzene rings is 2. The maximum atomic E-state index is 13.4. The molecule has 0 bridgehead atoms. The highest BCUT2D eigenvalue weighted by molar-refractivity contribution is 6.05. The number of anilines is 4. The van der Waals surface area contributed by atoms with Crippen LogP contribution in [0.1, 0.15) is 21.5 Å². The molecule has 0 radical (unpaired) electrons. The van der Waals surface area contributed by atoms with Gasteiger partial charge in [0.05, 0.1) is 18.9 Å². The molecular formula is C27H27F3N8O2. The van der Waals surface area contributed by atoms with Crippen molar-refractivity contribution in [2.45, 2.75) is 13.1 Å². The third-order valence-electron chi connectivity index (χ3n) is 6.67. The van der Waals surface area contributed by atoms with E-state index in [9.17, 15) is 18.0 Å². The van der Waals surface area contributed by atoms with E-state index >= 15 is 0 Å². The Morgan fingerprint density at radius 3 is 2.52 bits per heavy atom. The molecule has 0 unspecified atom stereocenters. The molecule has 1 amide bonds. The van der Waals surface area contributed by atoms with Crippen LogP contribution in [-0.2, 0) is 6.18 Å². The number of rotatable bonds is 6. The van der Waals surface area contributed by atoms with Gasteiger partial charge in [0, 0.05) is 43.1 Å². The van der Waals surface area contributed by atoms with E-state index in [1.165, 1.54) is 12.4 Å². The van der Waals surface area contributed by atoms with Gasteiger partial charge in [0.25, 0.3) is 5.91 Å². The molecule has 4 aromatic rings. The smallest absolute Gasteiger partial charge is 0.419 e. The van der Waals surface area contributed by atoms with E-state index in [2.05, 4.69) is 42.4 Å². The number of nitrogens with zero attached hydrogens (tertiary/aromatic N) is 6. The molecule has 3 heterocycles. The molecule has 2 aromatic carbocycles. The van der Waals surface area contributed by atoms with Crippen molar-refractivity contribution in [1.82, 2.24) is 24.8 Å². The molecule has 0 saturated carbocycles. The van der Waals surface area contributed by atoms with Crippen molar-refractivity contribution in [3.05, 3.63) is 65.6 Å². The highest BCUT2D eigenvalue weighted by Gasteiger charge is 2.35. The average Bonchev–Trinajstić information content (AvgIpc) is 2.94. The number of halogens is 3. The van der Waals surface area contributed by atoms with Crippen molar-refractivity contribution in [3.63, 3.8) is 0 Å². The third-order valence-corrected chi connectivity index (χ3v) is 6.67. The number of aromatic nitrogens is 4. The van der Waals surface area contributed by atoms with Crippen LogP contribution in [0.2, 0.25) is 0 Å². The second kappa shape index (κ2) is 10.9. The monoisotopic (exact) mass is 552 g/mol. The van der Waals surface area contributed by atoms with Gasteiger partial charge in [-0.3, -0.25) is 4.79 Å². The second-order valence-corrected chi connectivity index (χ2v) is 9.44. The minimum atomic E-state index is -4.67. The summed E-state index contributed by atoms with van der Waals surface area (Å²) in [4.78, 5) is 35.1. The molecular weight excluding hydrogens is 525 g/mol. The van der Waals surface area contributed by atoms with Crippen molar-refractivity contribution >= 4 is 40.1 Å². The van der Waals surface area contributed by atoms with Crippen molar-refractivity contribution < 1.29 is 22.7 Å². The predicted molar refractivity (Wildman–Crippen MR) is 145 cm³/mol. The molecule has 1 saturated heterocycles. The van der Waals surface area contributed by atoms with Crippen LogP contribution >= 0.6 is 0 Å². The van der Waals surface area contributed by atoms with Gasteiger partial charge in [-0.2, -0.15) is 13.2 Å². The zero-order valence-corrected chi connectivity index (χ0v) is 22.1. The number of fused-ring (bicyclic) bond motifs is 1. The molecule has 0 spiro atoms. The van der Waals surface area contributed by atoms with E-state index in [0.29, 0.717) is 34.2 Å². The van der Waals surface area contributed by atoms with Crippen LogP contribution in [0.3, 0.4) is 0 Å². The van der Waals surface area contributed by atoms with Crippen molar-refractivity contribution in [1.29, 1.82) is 0 Å². The van der Waals surface area contributed by atoms with Gasteiger partial charge in [0.1, 0.15) is 23.1 Å². The lowest BCUT2D eigenvalue weighted by Gasteiger charge is -2.32. The first-order valence-electron chi connectivity index (χ1n) is 12.5. The van der Waals surface area contributed by atoms with Crippen LogP contribution in [0.5, 0.6) is 5.75 Å². The molecule has 40 heavy (non-hydrogen) atoms.